The number of carbonyl (C=O) groups excluding carboxylic acids is 2. The molecule has 0 saturated carbocycles. The SMILES string of the molecule is CC1CCCN(CCCNC(=O)CN2C(=O)C(=Cc3ccc(Cl)cc3)Sc3ccccc32)C1. The Morgan fingerprint density at radius 1 is 1.21 bits per heavy atom. The molecule has 1 unspecified atom stereocenters. The van der Waals surface area contributed by atoms with Crippen molar-refractivity contribution in [2.45, 2.75) is 31.1 Å². The molecule has 5 nitrogen and oxygen atoms in total. The first-order valence-electron chi connectivity index (χ1n) is 11.5. The third-order valence-electron chi connectivity index (χ3n) is 6.02. The largest absolute Gasteiger partial charge is 0.355 e. The molecule has 0 aromatic heterocycles. The fourth-order valence-corrected chi connectivity index (χ4v) is 5.53. The molecule has 2 aromatic rings. The lowest BCUT2D eigenvalue weighted by atomic mass is 10.0. The monoisotopic (exact) mass is 483 g/mol. The molecule has 174 valence electrons. The number of fused-ring (bicyclic) bond motifs is 1. The molecule has 0 radical (unpaired) electrons. The highest BCUT2D eigenvalue weighted by Gasteiger charge is 2.30. The molecule has 2 aromatic carbocycles. The van der Waals surface area contributed by atoms with Crippen LogP contribution in [0.15, 0.2) is 58.3 Å². The van der Waals surface area contributed by atoms with Gasteiger partial charge in [0.25, 0.3) is 5.91 Å². The highest BCUT2D eigenvalue weighted by molar-refractivity contribution is 8.04. The van der Waals surface area contributed by atoms with Gasteiger partial charge in [0.2, 0.25) is 5.91 Å². The van der Waals surface area contributed by atoms with E-state index in [1.807, 2.05) is 42.5 Å². The van der Waals surface area contributed by atoms with Gasteiger partial charge in [0, 0.05) is 23.0 Å². The lowest BCUT2D eigenvalue weighted by molar-refractivity contribution is -0.122. The first-order valence-corrected chi connectivity index (χ1v) is 12.7. The van der Waals surface area contributed by atoms with Crippen LogP contribution in [-0.2, 0) is 9.59 Å². The quantitative estimate of drug-likeness (QED) is 0.442. The number of thioether (sulfide) groups is 1. The molecule has 0 aliphatic carbocycles. The Bertz CT molecular complexity index is 1020. The minimum atomic E-state index is -0.161. The Kier molecular flexibility index (Phi) is 8.12. The van der Waals surface area contributed by atoms with Crippen LogP contribution in [0.4, 0.5) is 5.69 Å². The van der Waals surface area contributed by atoms with Gasteiger partial charge in [-0.15, -0.1) is 0 Å². The minimum Gasteiger partial charge on any atom is -0.355 e. The maximum absolute atomic E-state index is 13.3. The number of nitrogens with zero attached hydrogens (tertiary/aromatic N) is 2. The van der Waals surface area contributed by atoms with Crippen molar-refractivity contribution in [1.82, 2.24) is 10.2 Å². The van der Waals surface area contributed by atoms with E-state index in [9.17, 15) is 9.59 Å². The molecular weight excluding hydrogens is 454 g/mol. The van der Waals surface area contributed by atoms with Crippen molar-refractivity contribution in [3.8, 4) is 0 Å². The van der Waals surface area contributed by atoms with Crippen LogP contribution in [0.25, 0.3) is 6.08 Å². The number of benzene rings is 2. The van der Waals surface area contributed by atoms with Gasteiger partial charge in [-0.25, -0.2) is 0 Å². The van der Waals surface area contributed by atoms with Gasteiger partial charge in [-0.3, -0.25) is 14.5 Å². The molecule has 1 fully saturated rings. The van der Waals surface area contributed by atoms with E-state index in [1.165, 1.54) is 24.6 Å². The van der Waals surface area contributed by atoms with Crippen molar-refractivity contribution in [1.29, 1.82) is 0 Å². The van der Waals surface area contributed by atoms with Crippen molar-refractivity contribution >= 4 is 46.9 Å². The minimum absolute atomic E-state index is 0.00904. The zero-order chi connectivity index (χ0) is 23.2. The number of amides is 2. The van der Waals surface area contributed by atoms with E-state index in [2.05, 4.69) is 17.1 Å². The van der Waals surface area contributed by atoms with Crippen molar-refractivity contribution in [2.24, 2.45) is 5.92 Å². The fourth-order valence-electron chi connectivity index (χ4n) is 4.35. The second-order valence-electron chi connectivity index (χ2n) is 8.77. The Morgan fingerprint density at radius 3 is 2.79 bits per heavy atom. The smallest absolute Gasteiger partial charge is 0.265 e. The third-order valence-corrected chi connectivity index (χ3v) is 7.35. The molecule has 2 aliphatic rings. The molecule has 0 spiro atoms. The summed E-state index contributed by atoms with van der Waals surface area (Å²) >= 11 is 7.42. The summed E-state index contributed by atoms with van der Waals surface area (Å²) in [4.78, 5) is 31.6. The van der Waals surface area contributed by atoms with Gasteiger partial charge in [-0.2, -0.15) is 0 Å². The van der Waals surface area contributed by atoms with Gasteiger partial charge in [0.05, 0.1) is 10.6 Å². The van der Waals surface area contributed by atoms with E-state index in [0.29, 0.717) is 16.5 Å². The number of likely N-dealkylation sites (tertiary alicyclic amines) is 1. The molecule has 2 amide bonds. The lowest BCUT2D eigenvalue weighted by Gasteiger charge is -2.31. The molecule has 1 atom stereocenters. The second-order valence-corrected chi connectivity index (χ2v) is 10.3. The molecular formula is C26H30ClN3O2S. The summed E-state index contributed by atoms with van der Waals surface area (Å²) in [6.07, 6.45) is 5.34. The van der Waals surface area contributed by atoms with Gasteiger partial charge in [0.1, 0.15) is 6.54 Å². The summed E-state index contributed by atoms with van der Waals surface area (Å²) in [6, 6.07) is 15.1. The van der Waals surface area contributed by atoms with Crippen molar-refractivity contribution in [2.75, 3.05) is 37.6 Å². The highest BCUT2D eigenvalue weighted by atomic mass is 35.5. The predicted octanol–water partition coefficient (Wildman–Crippen LogP) is 5.06. The number of nitrogens with one attached hydrogen (secondary N) is 1. The van der Waals surface area contributed by atoms with Crippen LogP contribution in [0.1, 0.15) is 31.7 Å². The zero-order valence-electron chi connectivity index (χ0n) is 18.9. The molecule has 2 aliphatic heterocycles. The van der Waals surface area contributed by atoms with Crippen LogP contribution in [0.2, 0.25) is 5.02 Å². The van der Waals surface area contributed by atoms with Crippen LogP contribution in [0, 0.1) is 5.92 Å². The van der Waals surface area contributed by atoms with Crippen molar-refractivity contribution < 1.29 is 9.59 Å². The number of carbonyl (C=O) groups is 2. The van der Waals surface area contributed by atoms with E-state index in [-0.39, 0.29) is 18.4 Å². The topological polar surface area (TPSA) is 52.7 Å². The summed E-state index contributed by atoms with van der Waals surface area (Å²) in [6.45, 7) is 6.23. The molecule has 7 heteroatoms. The predicted molar refractivity (Wildman–Crippen MR) is 137 cm³/mol. The van der Waals surface area contributed by atoms with Gasteiger partial charge in [0.15, 0.2) is 0 Å². The van der Waals surface area contributed by atoms with Gasteiger partial charge < -0.3 is 10.2 Å². The maximum atomic E-state index is 13.3. The molecule has 33 heavy (non-hydrogen) atoms. The van der Waals surface area contributed by atoms with Crippen molar-refractivity contribution in [3.05, 3.63) is 64.0 Å². The van der Waals surface area contributed by atoms with Crippen LogP contribution < -0.4 is 10.2 Å². The normalized spacial score (nSPS) is 20.1. The number of anilines is 1. The number of hydrogen-bond donors (Lipinski definition) is 1. The van der Waals surface area contributed by atoms with Gasteiger partial charge in [-0.1, -0.05) is 54.6 Å². The summed E-state index contributed by atoms with van der Waals surface area (Å²) in [5.41, 5.74) is 1.67. The van der Waals surface area contributed by atoms with Crippen LogP contribution in [0.5, 0.6) is 0 Å². The van der Waals surface area contributed by atoms with Crippen LogP contribution in [0.3, 0.4) is 0 Å². The van der Waals surface area contributed by atoms with Crippen molar-refractivity contribution in [3.63, 3.8) is 0 Å². The van der Waals surface area contributed by atoms with E-state index in [1.54, 1.807) is 17.0 Å². The number of piperidine rings is 1. The standard InChI is InChI=1S/C26H30ClN3O2S/c1-19-6-4-14-29(17-19)15-5-13-28-25(31)18-30-22-7-2-3-8-23(22)33-24(26(30)32)16-20-9-11-21(27)12-10-20/h2-3,7-12,16,19H,4-6,13-15,17-18H2,1H3,(H,28,31). The molecule has 1 N–H and O–H groups in total. The van der Waals surface area contributed by atoms with E-state index in [0.717, 1.165) is 48.1 Å². The van der Waals surface area contributed by atoms with Crippen LogP contribution >= 0.6 is 23.4 Å². The van der Waals surface area contributed by atoms with Gasteiger partial charge >= 0.3 is 0 Å². The summed E-state index contributed by atoms with van der Waals surface area (Å²) < 4.78 is 0. The van der Waals surface area contributed by atoms with E-state index >= 15 is 0 Å². The lowest BCUT2D eigenvalue weighted by Crippen LogP contribution is -2.43. The highest BCUT2D eigenvalue weighted by Crippen LogP contribution is 2.41. The third kappa shape index (κ3) is 6.40. The summed E-state index contributed by atoms with van der Waals surface area (Å²) in [7, 11) is 0. The Morgan fingerprint density at radius 2 is 2.00 bits per heavy atom. The first kappa shape index (κ1) is 23.9. The number of halogens is 1. The van der Waals surface area contributed by atoms with E-state index in [4.69, 9.17) is 11.6 Å². The fraction of sp³-hybridized carbons (Fsp3) is 0.385. The molecule has 0 bridgehead atoms. The maximum Gasteiger partial charge on any atom is 0.265 e. The Labute approximate surface area is 205 Å². The number of hydrogen-bond acceptors (Lipinski definition) is 4. The molecule has 4 rings (SSSR count). The Hall–Kier alpha value is -2.28. The average molecular weight is 484 g/mol. The summed E-state index contributed by atoms with van der Waals surface area (Å²) in [5, 5.41) is 3.65. The zero-order valence-corrected chi connectivity index (χ0v) is 20.5. The van der Waals surface area contributed by atoms with E-state index < -0.39 is 0 Å². The molecule has 2 heterocycles. The average Bonchev–Trinajstić information content (AvgIpc) is 2.81. The van der Waals surface area contributed by atoms with Crippen LogP contribution in [-0.4, -0.2) is 49.4 Å². The Balaban J connectivity index is 1.38. The number of para-hydroxylation sites is 1. The molecule has 1 saturated heterocycles. The summed E-state index contributed by atoms with van der Waals surface area (Å²) in [5.74, 6) is 0.459. The van der Waals surface area contributed by atoms with Gasteiger partial charge in [-0.05, 0) is 74.2 Å². The second kappa shape index (κ2) is 11.2. The number of rotatable bonds is 7. The first-order chi connectivity index (χ1) is 16.0.